The number of amides is 1. The first-order valence-corrected chi connectivity index (χ1v) is 11.9. The minimum absolute atomic E-state index is 0.427. The molecule has 4 heterocycles. The third-order valence-electron chi connectivity index (χ3n) is 6.65. The number of nitrogens with two attached hydrogens (primary N) is 1. The lowest BCUT2D eigenvalue weighted by atomic mass is 10.1. The van der Waals surface area contributed by atoms with Crippen LogP contribution in [-0.4, -0.2) is 77.7 Å². The second-order valence-corrected chi connectivity index (χ2v) is 8.84. The number of anilines is 1. The summed E-state index contributed by atoms with van der Waals surface area (Å²) in [5, 5.41) is 2.11. The van der Waals surface area contributed by atoms with Crippen LogP contribution in [0.5, 0.6) is 0 Å². The number of nitrogens with zero attached hydrogens (tertiary/aromatic N) is 5. The number of aromatic nitrogens is 2. The van der Waals surface area contributed by atoms with Crippen LogP contribution in [0.1, 0.15) is 29.6 Å². The van der Waals surface area contributed by atoms with E-state index in [9.17, 15) is 4.79 Å². The Kier molecular flexibility index (Phi) is 6.57. The van der Waals surface area contributed by atoms with E-state index in [4.69, 9.17) is 10.6 Å². The van der Waals surface area contributed by atoms with Crippen LogP contribution < -0.4 is 10.6 Å². The average molecular weight is 449 g/mol. The van der Waals surface area contributed by atoms with E-state index in [0.29, 0.717) is 11.2 Å². The molecule has 5 rings (SSSR count). The van der Waals surface area contributed by atoms with Crippen molar-refractivity contribution in [1.29, 1.82) is 0 Å². The van der Waals surface area contributed by atoms with Gasteiger partial charge in [-0.3, -0.25) is 9.63 Å². The van der Waals surface area contributed by atoms with Gasteiger partial charge in [0.15, 0.2) is 0 Å². The minimum Gasteiger partial charge on any atom is -0.369 e. The van der Waals surface area contributed by atoms with Gasteiger partial charge in [-0.05, 0) is 50.2 Å². The molecule has 0 bridgehead atoms. The van der Waals surface area contributed by atoms with Crippen molar-refractivity contribution in [2.75, 3.05) is 57.3 Å². The lowest BCUT2D eigenvalue weighted by molar-refractivity contribution is -0.164. The number of imidazole rings is 1. The number of hydrogen-bond donors (Lipinski definition) is 1. The summed E-state index contributed by atoms with van der Waals surface area (Å²) < 4.78 is 1.84. The average Bonchev–Trinajstić information content (AvgIpc) is 3.30. The molecule has 2 fully saturated rings. The molecule has 33 heavy (non-hydrogen) atoms. The number of benzene rings is 1. The molecule has 3 aromatic rings. The van der Waals surface area contributed by atoms with E-state index in [2.05, 4.69) is 44.1 Å². The number of hydroxylamine groups is 2. The summed E-state index contributed by atoms with van der Waals surface area (Å²) in [6, 6.07) is 12.0. The van der Waals surface area contributed by atoms with Gasteiger partial charge in [-0.2, -0.15) is 5.06 Å². The minimum atomic E-state index is -0.470. The molecule has 0 unspecified atom stereocenters. The van der Waals surface area contributed by atoms with E-state index >= 15 is 0 Å². The van der Waals surface area contributed by atoms with Gasteiger partial charge >= 0.3 is 0 Å². The van der Waals surface area contributed by atoms with Gasteiger partial charge in [0.05, 0.1) is 17.9 Å². The van der Waals surface area contributed by atoms with Crippen LogP contribution in [0.3, 0.4) is 0 Å². The summed E-state index contributed by atoms with van der Waals surface area (Å²) in [5.41, 5.74) is 9.53. The normalized spacial score (nSPS) is 18.1. The van der Waals surface area contributed by atoms with Gasteiger partial charge in [-0.25, -0.2) is 4.98 Å². The number of carbonyl (C=O) groups is 1. The molecule has 1 amide bonds. The van der Waals surface area contributed by atoms with Gasteiger partial charge in [0.2, 0.25) is 0 Å². The zero-order chi connectivity index (χ0) is 22.6. The van der Waals surface area contributed by atoms with Crippen molar-refractivity contribution in [3.05, 3.63) is 54.4 Å². The Morgan fingerprint density at radius 1 is 0.970 bits per heavy atom. The fraction of sp³-hybridized carbons (Fsp3) is 0.440. The molecule has 0 radical (unpaired) electrons. The molecule has 2 aliphatic rings. The maximum absolute atomic E-state index is 11.7. The third kappa shape index (κ3) is 5.03. The van der Waals surface area contributed by atoms with Crippen molar-refractivity contribution in [3.8, 4) is 11.3 Å². The second kappa shape index (κ2) is 9.91. The number of carbonyl (C=O) groups excluding carboxylic acids is 1. The Hall–Kier alpha value is -2.94. The molecule has 0 saturated carbocycles. The Morgan fingerprint density at radius 2 is 1.73 bits per heavy atom. The predicted octanol–water partition coefficient (Wildman–Crippen LogP) is 2.64. The highest BCUT2D eigenvalue weighted by Crippen LogP contribution is 2.25. The lowest BCUT2D eigenvalue weighted by Gasteiger charge is -2.36. The predicted molar refractivity (Wildman–Crippen MR) is 129 cm³/mol. The Labute approximate surface area is 194 Å². The summed E-state index contributed by atoms with van der Waals surface area (Å²) >= 11 is 0. The SMILES string of the molecule is NC(=O)c1cccn2cc(-c3ccc(N4CCN(OCCN5CCCCC5)CC4)cc3)nc12. The van der Waals surface area contributed by atoms with Crippen molar-refractivity contribution >= 4 is 17.2 Å². The van der Waals surface area contributed by atoms with Crippen LogP contribution in [0.4, 0.5) is 5.69 Å². The molecule has 0 spiro atoms. The summed E-state index contributed by atoms with van der Waals surface area (Å²) in [6.45, 7) is 7.95. The van der Waals surface area contributed by atoms with Crippen LogP contribution in [-0.2, 0) is 4.84 Å². The highest BCUT2D eigenvalue weighted by molar-refractivity contribution is 5.98. The van der Waals surface area contributed by atoms with E-state index in [-0.39, 0.29) is 0 Å². The standard InChI is InChI=1S/C25H32N6O2/c26-24(32)22-5-4-12-30-19-23(27-25(22)30)20-6-8-21(9-7-20)29-13-15-31(16-14-29)33-18-17-28-10-2-1-3-11-28/h4-9,12,19H,1-3,10-11,13-18H2,(H2,26,32). The van der Waals surface area contributed by atoms with Crippen LogP contribution in [0, 0.1) is 0 Å². The largest absolute Gasteiger partial charge is 0.369 e. The smallest absolute Gasteiger partial charge is 0.252 e. The molecule has 8 nitrogen and oxygen atoms in total. The number of primary amides is 1. The summed E-state index contributed by atoms with van der Waals surface area (Å²) in [5.74, 6) is -0.470. The monoisotopic (exact) mass is 448 g/mol. The molecule has 0 atom stereocenters. The fourth-order valence-electron chi connectivity index (χ4n) is 4.74. The van der Waals surface area contributed by atoms with Crippen molar-refractivity contribution in [2.24, 2.45) is 5.73 Å². The van der Waals surface area contributed by atoms with E-state index < -0.39 is 5.91 Å². The van der Waals surface area contributed by atoms with Crippen LogP contribution in [0.25, 0.3) is 16.9 Å². The molecule has 2 saturated heterocycles. The van der Waals surface area contributed by atoms with Gasteiger partial charge in [0.1, 0.15) is 5.65 Å². The number of fused-ring (bicyclic) bond motifs is 1. The topological polar surface area (TPSA) is 79.3 Å². The van der Waals surface area contributed by atoms with E-state index in [1.165, 1.54) is 38.0 Å². The molecule has 2 aliphatic heterocycles. The first-order valence-electron chi connectivity index (χ1n) is 11.9. The van der Waals surface area contributed by atoms with Gasteiger partial charge in [0.25, 0.3) is 5.91 Å². The van der Waals surface area contributed by atoms with Crippen LogP contribution >= 0.6 is 0 Å². The molecule has 0 aliphatic carbocycles. The first-order chi connectivity index (χ1) is 16.2. The van der Waals surface area contributed by atoms with E-state index in [0.717, 1.165) is 50.6 Å². The van der Waals surface area contributed by atoms with Gasteiger partial charge in [0, 0.05) is 56.4 Å². The summed E-state index contributed by atoms with van der Waals surface area (Å²) in [7, 11) is 0. The zero-order valence-electron chi connectivity index (χ0n) is 19.0. The number of likely N-dealkylation sites (tertiary alicyclic amines) is 1. The maximum atomic E-state index is 11.7. The van der Waals surface area contributed by atoms with Crippen LogP contribution in [0.2, 0.25) is 0 Å². The van der Waals surface area contributed by atoms with Gasteiger partial charge in [-0.1, -0.05) is 18.6 Å². The van der Waals surface area contributed by atoms with Gasteiger partial charge < -0.3 is 19.9 Å². The number of pyridine rings is 1. The third-order valence-corrected chi connectivity index (χ3v) is 6.65. The highest BCUT2D eigenvalue weighted by atomic mass is 16.7. The molecule has 2 aromatic heterocycles. The quantitative estimate of drug-likeness (QED) is 0.599. The van der Waals surface area contributed by atoms with Crippen molar-refractivity contribution < 1.29 is 9.63 Å². The molecule has 8 heteroatoms. The fourth-order valence-corrected chi connectivity index (χ4v) is 4.74. The van der Waals surface area contributed by atoms with Crippen LogP contribution in [0.15, 0.2) is 48.8 Å². The van der Waals surface area contributed by atoms with E-state index in [1.807, 2.05) is 16.8 Å². The van der Waals surface area contributed by atoms with Crippen molar-refractivity contribution in [3.63, 3.8) is 0 Å². The molecular weight excluding hydrogens is 416 g/mol. The van der Waals surface area contributed by atoms with Crippen molar-refractivity contribution in [1.82, 2.24) is 19.3 Å². The number of piperazine rings is 1. The maximum Gasteiger partial charge on any atom is 0.252 e. The molecule has 174 valence electrons. The highest BCUT2D eigenvalue weighted by Gasteiger charge is 2.19. The Bertz CT molecular complexity index is 1080. The zero-order valence-corrected chi connectivity index (χ0v) is 19.0. The Balaban J connectivity index is 1.16. The number of piperidine rings is 1. The van der Waals surface area contributed by atoms with E-state index in [1.54, 1.807) is 12.1 Å². The second-order valence-electron chi connectivity index (χ2n) is 8.84. The van der Waals surface area contributed by atoms with Gasteiger partial charge in [-0.15, -0.1) is 0 Å². The molecular formula is C25H32N6O2. The summed E-state index contributed by atoms with van der Waals surface area (Å²) in [4.78, 5) is 27.3. The summed E-state index contributed by atoms with van der Waals surface area (Å²) in [6.07, 6.45) is 7.82. The molecule has 1 aromatic carbocycles. The van der Waals surface area contributed by atoms with Crippen molar-refractivity contribution in [2.45, 2.75) is 19.3 Å². The lowest BCUT2D eigenvalue weighted by Crippen LogP contribution is -2.47. The number of hydrogen-bond acceptors (Lipinski definition) is 6. The number of rotatable bonds is 7. The Morgan fingerprint density at radius 3 is 2.45 bits per heavy atom. The molecule has 2 N–H and O–H groups in total. The first kappa shape index (κ1) is 21.9.